The summed E-state index contributed by atoms with van der Waals surface area (Å²) < 4.78 is 5.85. The van der Waals surface area contributed by atoms with Crippen LogP contribution in [0, 0.1) is 17.0 Å². The Morgan fingerprint density at radius 1 is 1.00 bits per heavy atom. The fourth-order valence-corrected chi connectivity index (χ4v) is 3.23. The monoisotopic (exact) mass is 333 g/mol. The number of furan rings is 1. The predicted molar refractivity (Wildman–Crippen MR) is 95.6 cm³/mol. The number of hydrogen-bond donors (Lipinski definition) is 1. The van der Waals surface area contributed by atoms with E-state index in [4.69, 9.17) is 4.42 Å². The molecule has 5 heteroatoms. The molecular weight excluding hydrogens is 318 g/mol. The van der Waals surface area contributed by atoms with Gasteiger partial charge in [0.25, 0.3) is 5.69 Å². The van der Waals surface area contributed by atoms with E-state index in [0.717, 1.165) is 16.4 Å². The molecule has 0 radical (unpaired) electrons. The van der Waals surface area contributed by atoms with E-state index in [1.54, 1.807) is 25.1 Å². The minimum atomic E-state index is -0.961. The van der Waals surface area contributed by atoms with Gasteiger partial charge in [0.2, 0.25) is 0 Å². The lowest BCUT2D eigenvalue weighted by molar-refractivity contribution is -0.385. The normalized spacial score (nSPS) is 12.6. The molecule has 0 unspecified atom stereocenters. The maximum Gasteiger partial charge on any atom is 0.272 e. The second kappa shape index (κ2) is 5.72. The Hall–Kier alpha value is -3.18. The van der Waals surface area contributed by atoms with Crippen LogP contribution in [0.25, 0.3) is 21.9 Å². The highest BCUT2D eigenvalue weighted by Crippen LogP contribution is 2.34. The van der Waals surface area contributed by atoms with Crippen molar-refractivity contribution in [2.75, 3.05) is 0 Å². The lowest BCUT2D eigenvalue weighted by Crippen LogP contribution is -2.04. The molecule has 1 N–H and O–H groups in total. The second-order valence-corrected chi connectivity index (χ2v) is 6.00. The maximum absolute atomic E-state index is 11.1. The first-order chi connectivity index (χ1) is 12.1. The van der Waals surface area contributed by atoms with Crippen molar-refractivity contribution in [3.8, 4) is 0 Å². The summed E-state index contributed by atoms with van der Waals surface area (Å²) in [6.45, 7) is 1.65. The largest absolute Gasteiger partial charge is 0.456 e. The third-order valence-corrected chi connectivity index (χ3v) is 4.56. The molecule has 0 bridgehead atoms. The molecular formula is C20H15NO4. The van der Waals surface area contributed by atoms with Gasteiger partial charge in [0.05, 0.1) is 4.92 Å². The van der Waals surface area contributed by atoms with Crippen LogP contribution in [0.5, 0.6) is 0 Å². The quantitative estimate of drug-likeness (QED) is 0.428. The number of nitro groups is 1. The van der Waals surface area contributed by atoms with E-state index in [1.807, 2.05) is 36.4 Å². The molecule has 1 atom stereocenters. The molecule has 4 aromatic rings. The van der Waals surface area contributed by atoms with Crippen LogP contribution in [0.1, 0.15) is 22.8 Å². The number of nitrogens with zero attached hydrogens (tertiary/aromatic N) is 1. The molecule has 1 aromatic heterocycles. The molecule has 3 aromatic carbocycles. The molecule has 5 nitrogen and oxygen atoms in total. The number of rotatable bonds is 3. The van der Waals surface area contributed by atoms with Crippen molar-refractivity contribution in [1.82, 2.24) is 0 Å². The summed E-state index contributed by atoms with van der Waals surface area (Å²) in [6.07, 6.45) is -0.961. The number of fused-ring (bicyclic) bond motifs is 3. The van der Waals surface area contributed by atoms with E-state index >= 15 is 0 Å². The van der Waals surface area contributed by atoms with Crippen molar-refractivity contribution in [3.63, 3.8) is 0 Å². The third-order valence-electron chi connectivity index (χ3n) is 4.56. The topological polar surface area (TPSA) is 76.5 Å². The van der Waals surface area contributed by atoms with Gasteiger partial charge in [0.15, 0.2) is 0 Å². The van der Waals surface area contributed by atoms with Gasteiger partial charge >= 0.3 is 0 Å². The van der Waals surface area contributed by atoms with E-state index < -0.39 is 11.0 Å². The van der Waals surface area contributed by atoms with Gasteiger partial charge in [0.1, 0.15) is 17.3 Å². The van der Waals surface area contributed by atoms with Gasteiger partial charge in [-0.1, -0.05) is 42.5 Å². The molecule has 0 aliphatic carbocycles. The van der Waals surface area contributed by atoms with Crippen LogP contribution in [0.15, 0.2) is 65.1 Å². The van der Waals surface area contributed by atoms with Crippen LogP contribution in [0.3, 0.4) is 0 Å². The molecule has 0 saturated carbocycles. The summed E-state index contributed by atoms with van der Waals surface area (Å²) in [5.74, 6) is 0. The van der Waals surface area contributed by atoms with Gasteiger partial charge in [-0.3, -0.25) is 10.1 Å². The summed E-state index contributed by atoms with van der Waals surface area (Å²) in [7, 11) is 0. The zero-order valence-corrected chi connectivity index (χ0v) is 13.5. The van der Waals surface area contributed by atoms with Crippen molar-refractivity contribution in [3.05, 3.63) is 87.5 Å². The SMILES string of the molecule is Cc1c([C@H](O)c2ccc3c(c2)oc2ccccc23)cccc1[N+](=O)[O-]. The Kier molecular flexibility index (Phi) is 3.51. The minimum absolute atomic E-state index is 0.00126. The average Bonchev–Trinajstić information content (AvgIpc) is 2.98. The molecule has 124 valence electrons. The smallest absolute Gasteiger partial charge is 0.272 e. The van der Waals surface area contributed by atoms with Crippen LogP contribution in [0.2, 0.25) is 0 Å². The zero-order chi connectivity index (χ0) is 17.6. The molecule has 25 heavy (non-hydrogen) atoms. The van der Waals surface area contributed by atoms with Crippen molar-refractivity contribution >= 4 is 27.6 Å². The number of hydrogen-bond acceptors (Lipinski definition) is 4. The second-order valence-electron chi connectivity index (χ2n) is 6.00. The van der Waals surface area contributed by atoms with Crippen molar-refractivity contribution in [2.24, 2.45) is 0 Å². The van der Waals surface area contributed by atoms with Crippen molar-refractivity contribution in [1.29, 1.82) is 0 Å². The molecule has 0 aliphatic rings. The van der Waals surface area contributed by atoms with Crippen LogP contribution < -0.4 is 0 Å². The summed E-state index contributed by atoms with van der Waals surface area (Å²) >= 11 is 0. The number of para-hydroxylation sites is 1. The van der Waals surface area contributed by atoms with Gasteiger partial charge in [-0.2, -0.15) is 0 Å². The number of aliphatic hydroxyl groups is 1. The highest BCUT2D eigenvalue weighted by atomic mass is 16.6. The molecule has 0 spiro atoms. The van der Waals surface area contributed by atoms with Gasteiger partial charge in [-0.05, 0) is 30.2 Å². The van der Waals surface area contributed by atoms with Crippen LogP contribution >= 0.6 is 0 Å². The fourth-order valence-electron chi connectivity index (χ4n) is 3.23. The Balaban J connectivity index is 1.83. The van der Waals surface area contributed by atoms with Gasteiger partial charge < -0.3 is 9.52 Å². The summed E-state index contributed by atoms with van der Waals surface area (Å²) in [5.41, 5.74) is 3.09. The Labute approximate surface area is 143 Å². The Morgan fingerprint density at radius 3 is 2.56 bits per heavy atom. The highest BCUT2D eigenvalue weighted by molar-refractivity contribution is 6.04. The van der Waals surface area contributed by atoms with E-state index in [1.165, 1.54) is 6.07 Å². The number of benzene rings is 3. The molecule has 0 fully saturated rings. The summed E-state index contributed by atoms with van der Waals surface area (Å²) in [5, 5.41) is 23.9. The first-order valence-corrected chi connectivity index (χ1v) is 7.89. The van der Waals surface area contributed by atoms with Gasteiger partial charge in [0, 0.05) is 22.4 Å². The molecule has 4 rings (SSSR count). The first kappa shape index (κ1) is 15.4. The maximum atomic E-state index is 11.1. The average molecular weight is 333 g/mol. The number of aliphatic hydroxyl groups excluding tert-OH is 1. The number of nitro benzene ring substituents is 1. The van der Waals surface area contributed by atoms with Gasteiger partial charge in [-0.25, -0.2) is 0 Å². The molecule has 0 amide bonds. The Morgan fingerprint density at radius 2 is 1.76 bits per heavy atom. The van der Waals surface area contributed by atoms with E-state index in [2.05, 4.69) is 0 Å². The summed E-state index contributed by atoms with van der Waals surface area (Å²) in [4.78, 5) is 10.7. The molecule has 0 saturated heterocycles. The third kappa shape index (κ3) is 2.45. The molecule has 0 aliphatic heterocycles. The fraction of sp³-hybridized carbons (Fsp3) is 0.100. The lowest BCUT2D eigenvalue weighted by Gasteiger charge is -2.14. The Bertz CT molecular complexity index is 1110. The van der Waals surface area contributed by atoms with Crippen LogP contribution in [-0.2, 0) is 0 Å². The minimum Gasteiger partial charge on any atom is -0.456 e. The van der Waals surface area contributed by atoms with Crippen molar-refractivity contribution < 1.29 is 14.4 Å². The standard InChI is InChI=1S/C20H15NO4/c1-12-14(6-4-7-17(12)21(23)24)20(22)13-9-10-16-15-5-2-3-8-18(15)25-19(16)11-13/h2-11,20,22H,1H3/t20-/m1/s1. The highest BCUT2D eigenvalue weighted by Gasteiger charge is 2.20. The van der Waals surface area contributed by atoms with Crippen molar-refractivity contribution in [2.45, 2.75) is 13.0 Å². The summed E-state index contributed by atoms with van der Waals surface area (Å²) in [6, 6.07) is 18.0. The van der Waals surface area contributed by atoms with Crippen LogP contribution in [0.4, 0.5) is 5.69 Å². The van der Waals surface area contributed by atoms with E-state index in [0.29, 0.717) is 22.3 Å². The van der Waals surface area contributed by atoms with Gasteiger partial charge in [-0.15, -0.1) is 0 Å². The van der Waals surface area contributed by atoms with Crippen LogP contribution in [-0.4, -0.2) is 10.0 Å². The predicted octanol–water partition coefficient (Wildman–Crippen LogP) is 4.88. The van der Waals surface area contributed by atoms with E-state index in [-0.39, 0.29) is 5.69 Å². The zero-order valence-electron chi connectivity index (χ0n) is 13.5. The molecule has 1 heterocycles. The first-order valence-electron chi connectivity index (χ1n) is 7.89. The van der Waals surface area contributed by atoms with E-state index in [9.17, 15) is 15.2 Å². The lowest BCUT2D eigenvalue weighted by atomic mass is 9.96.